The van der Waals surface area contributed by atoms with E-state index in [1.54, 1.807) is 26.2 Å². The van der Waals surface area contributed by atoms with Crippen LogP contribution in [-0.4, -0.2) is 11.7 Å². The molecular formula is C5H11N2O2. The van der Waals surface area contributed by atoms with E-state index in [0.717, 1.165) is 0 Å². The number of ether oxygens (including phenoxy) is 1. The van der Waals surface area contributed by atoms with Gasteiger partial charge in [-0.05, 0) is 20.8 Å². The van der Waals surface area contributed by atoms with Gasteiger partial charge < -0.3 is 4.74 Å². The summed E-state index contributed by atoms with van der Waals surface area (Å²) in [5, 5.41) is 0. The molecule has 1 amide bonds. The Bertz CT molecular complexity index is 106. The number of rotatable bonds is 0. The van der Waals surface area contributed by atoms with Crippen molar-refractivity contribution in [1.82, 2.24) is 11.3 Å². The van der Waals surface area contributed by atoms with E-state index in [9.17, 15) is 4.79 Å². The molecule has 0 saturated heterocycles. The van der Waals surface area contributed by atoms with Crippen LogP contribution in [0.2, 0.25) is 0 Å². The Balaban J connectivity index is 3.60. The molecule has 0 unspecified atom stereocenters. The number of hydrogen-bond acceptors (Lipinski definition) is 2. The van der Waals surface area contributed by atoms with Gasteiger partial charge in [0.2, 0.25) is 0 Å². The molecule has 0 saturated carbocycles. The van der Waals surface area contributed by atoms with Gasteiger partial charge in [0.15, 0.2) is 0 Å². The van der Waals surface area contributed by atoms with Crippen LogP contribution in [0, 0.1) is 0 Å². The summed E-state index contributed by atoms with van der Waals surface area (Å²) >= 11 is 0. The first kappa shape index (κ1) is 8.23. The first-order valence-electron chi connectivity index (χ1n) is 2.61. The van der Waals surface area contributed by atoms with Crippen molar-refractivity contribution in [3.05, 3.63) is 0 Å². The van der Waals surface area contributed by atoms with Gasteiger partial charge in [-0.2, -0.15) is 0 Å². The van der Waals surface area contributed by atoms with Gasteiger partial charge in [0.1, 0.15) is 5.60 Å². The van der Waals surface area contributed by atoms with Crippen LogP contribution in [0.25, 0.3) is 0 Å². The average Bonchev–Trinajstić information content (AvgIpc) is 1.62. The zero-order valence-corrected chi connectivity index (χ0v) is 5.82. The zero-order chi connectivity index (χ0) is 7.49. The molecule has 0 heterocycles. The first-order chi connectivity index (χ1) is 3.95. The van der Waals surface area contributed by atoms with E-state index in [4.69, 9.17) is 5.84 Å². The molecule has 0 spiro atoms. The van der Waals surface area contributed by atoms with Gasteiger partial charge in [-0.1, -0.05) is 0 Å². The molecule has 9 heavy (non-hydrogen) atoms. The molecule has 0 fully saturated rings. The third-order valence-corrected chi connectivity index (χ3v) is 0.501. The highest BCUT2D eigenvalue weighted by Crippen LogP contribution is 2.05. The molecule has 0 aliphatic heterocycles. The highest BCUT2D eigenvalue weighted by Gasteiger charge is 2.14. The van der Waals surface area contributed by atoms with E-state index in [2.05, 4.69) is 4.74 Å². The number of nitrogens with one attached hydrogen (secondary N) is 2. The van der Waals surface area contributed by atoms with Crippen LogP contribution < -0.4 is 11.3 Å². The second-order valence-electron chi connectivity index (χ2n) is 2.63. The van der Waals surface area contributed by atoms with Crippen LogP contribution in [0.4, 0.5) is 4.79 Å². The minimum absolute atomic E-state index is 0.509. The van der Waals surface area contributed by atoms with Crippen LogP contribution in [0.15, 0.2) is 0 Å². The largest absolute Gasteiger partial charge is 0.443 e. The summed E-state index contributed by atoms with van der Waals surface area (Å²) in [6.07, 6.45) is -0.720. The molecule has 0 atom stereocenters. The number of hydrogen-bond donors (Lipinski definition) is 1. The van der Waals surface area contributed by atoms with Crippen LogP contribution in [-0.2, 0) is 4.74 Å². The highest BCUT2D eigenvalue weighted by atomic mass is 16.6. The molecular weight excluding hydrogens is 120 g/mol. The third-order valence-electron chi connectivity index (χ3n) is 0.501. The second kappa shape index (κ2) is 2.68. The van der Waals surface area contributed by atoms with Gasteiger partial charge >= 0.3 is 6.09 Å². The fourth-order valence-electron chi connectivity index (χ4n) is 0.304. The molecule has 53 valence electrons. The van der Waals surface area contributed by atoms with Gasteiger partial charge in [-0.3, -0.25) is 0 Å². The quantitative estimate of drug-likeness (QED) is 0.492. The summed E-state index contributed by atoms with van der Waals surface area (Å²) in [4.78, 5) is 10.3. The van der Waals surface area contributed by atoms with Crippen molar-refractivity contribution < 1.29 is 9.53 Å². The lowest BCUT2D eigenvalue weighted by Gasteiger charge is -2.17. The van der Waals surface area contributed by atoms with Gasteiger partial charge in [0, 0.05) is 0 Å². The molecule has 0 aromatic rings. The normalized spacial score (nSPS) is 10.7. The number of amides is 1. The smallest absolute Gasteiger partial charge is 0.423 e. The predicted octanol–water partition coefficient (Wildman–Crippen LogP) is 0.709. The lowest BCUT2D eigenvalue weighted by atomic mass is 10.2. The SMILES string of the molecule is CC(C)(C)OC(=O)N[NH]. The van der Waals surface area contributed by atoms with Crippen molar-refractivity contribution in [2.24, 2.45) is 0 Å². The average molecular weight is 131 g/mol. The fourth-order valence-corrected chi connectivity index (χ4v) is 0.304. The van der Waals surface area contributed by atoms with Gasteiger partial charge in [0.05, 0.1) is 0 Å². The monoisotopic (exact) mass is 131 g/mol. The zero-order valence-electron chi connectivity index (χ0n) is 5.82. The van der Waals surface area contributed by atoms with E-state index >= 15 is 0 Å². The van der Waals surface area contributed by atoms with Crippen LogP contribution in [0.1, 0.15) is 20.8 Å². The predicted molar refractivity (Wildman–Crippen MR) is 32.5 cm³/mol. The molecule has 0 bridgehead atoms. The van der Waals surface area contributed by atoms with Gasteiger partial charge in [-0.15, -0.1) is 5.84 Å². The van der Waals surface area contributed by atoms with Crippen molar-refractivity contribution in [2.75, 3.05) is 0 Å². The molecule has 0 aliphatic carbocycles. The third kappa shape index (κ3) is 5.10. The van der Waals surface area contributed by atoms with Crippen molar-refractivity contribution in [1.29, 1.82) is 0 Å². The summed E-state index contributed by atoms with van der Waals surface area (Å²) in [6.45, 7) is 5.22. The topological polar surface area (TPSA) is 62.1 Å². The van der Waals surface area contributed by atoms with Crippen molar-refractivity contribution in [3.8, 4) is 0 Å². The molecule has 4 heteroatoms. The first-order valence-corrected chi connectivity index (χ1v) is 2.61. The molecule has 0 aromatic heterocycles. The Kier molecular flexibility index (Phi) is 2.45. The van der Waals surface area contributed by atoms with E-state index < -0.39 is 11.7 Å². The van der Waals surface area contributed by atoms with Crippen molar-refractivity contribution >= 4 is 6.09 Å². The molecule has 0 aromatic carbocycles. The second-order valence-corrected chi connectivity index (χ2v) is 2.63. The van der Waals surface area contributed by atoms with E-state index in [1.807, 2.05) is 0 Å². The standard InChI is InChI=1S/C5H11N2O2/c1-5(2,3)9-4(8)7-6/h6H,1-3H3,(H,7,8). The van der Waals surface area contributed by atoms with Gasteiger partial charge in [-0.25, -0.2) is 10.2 Å². The minimum atomic E-state index is -0.720. The Labute approximate surface area is 54.3 Å². The summed E-state index contributed by atoms with van der Waals surface area (Å²) in [5.41, 5.74) is 1.10. The van der Waals surface area contributed by atoms with Crippen LogP contribution in [0.5, 0.6) is 0 Å². The van der Waals surface area contributed by atoms with Crippen LogP contribution in [0.3, 0.4) is 0 Å². The Morgan fingerprint density at radius 1 is 1.56 bits per heavy atom. The van der Waals surface area contributed by atoms with E-state index in [1.165, 1.54) is 0 Å². The lowest BCUT2D eigenvalue weighted by molar-refractivity contribution is 0.0522. The summed E-state index contributed by atoms with van der Waals surface area (Å²) in [6, 6.07) is 0. The van der Waals surface area contributed by atoms with Gasteiger partial charge in [0.25, 0.3) is 0 Å². The van der Waals surface area contributed by atoms with Crippen LogP contribution >= 0.6 is 0 Å². The van der Waals surface area contributed by atoms with E-state index in [0.29, 0.717) is 0 Å². The maximum absolute atomic E-state index is 10.3. The number of carbonyl (C=O) groups is 1. The molecule has 0 aliphatic rings. The van der Waals surface area contributed by atoms with Crippen molar-refractivity contribution in [3.63, 3.8) is 0 Å². The Morgan fingerprint density at radius 2 is 2.00 bits per heavy atom. The Morgan fingerprint density at radius 3 is 2.11 bits per heavy atom. The molecule has 4 nitrogen and oxygen atoms in total. The molecule has 0 rings (SSSR count). The lowest BCUT2D eigenvalue weighted by Crippen LogP contribution is -2.31. The maximum Gasteiger partial charge on any atom is 0.423 e. The fraction of sp³-hybridized carbons (Fsp3) is 0.800. The molecule has 1 radical (unpaired) electrons. The summed E-state index contributed by atoms with van der Waals surface area (Å²) < 4.78 is 4.65. The maximum atomic E-state index is 10.3. The number of carbonyl (C=O) groups excluding carboxylic acids is 1. The summed E-state index contributed by atoms with van der Waals surface area (Å²) in [7, 11) is 0. The minimum Gasteiger partial charge on any atom is -0.443 e. The highest BCUT2D eigenvalue weighted by molar-refractivity contribution is 5.66. The molecule has 2 N–H and O–H groups in total. The Hall–Kier alpha value is -0.770. The summed E-state index contributed by atoms with van der Waals surface area (Å²) in [5.74, 6) is 6.36. The van der Waals surface area contributed by atoms with Crippen molar-refractivity contribution in [2.45, 2.75) is 26.4 Å². The van der Waals surface area contributed by atoms with E-state index in [-0.39, 0.29) is 0 Å².